The first-order chi connectivity index (χ1) is 7.85. The van der Waals surface area contributed by atoms with Crippen LogP contribution < -0.4 is 5.73 Å². The molecule has 0 fully saturated rings. The predicted molar refractivity (Wildman–Crippen MR) is 56.8 cm³/mol. The second-order valence-corrected chi connectivity index (χ2v) is 3.82. The van der Waals surface area contributed by atoms with Gasteiger partial charge in [-0.05, 0) is 19.8 Å². The van der Waals surface area contributed by atoms with Gasteiger partial charge in [0.2, 0.25) is 5.92 Å². The summed E-state index contributed by atoms with van der Waals surface area (Å²) in [5.74, 6) is -2.82. The number of rotatable bonds is 9. The van der Waals surface area contributed by atoms with Gasteiger partial charge < -0.3 is 20.3 Å². The van der Waals surface area contributed by atoms with E-state index in [1.807, 2.05) is 0 Å². The van der Waals surface area contributed by atoms with Crippen LogP contribution in [0.2, 0.25) is 0 Å². The maximum atomic E-state index is 12.6. The van der Waals surface area contributed by atoms with E-state index in [-0.39, 0.29) is 26.2 Å². The number of halogens is 2. The van der Waals surface area contributed by atoms with Crippen LogP contribution in [0, 0.1) is 0 Å². The molecule has 1 atom stereocenters. The lowest BCUT2D eigenvalue weighted by Gasteiger charge is -2.18. The molecule has 0 saturated carbocycles. The van der Waals surface area contributed by atoms with Gasteiger partial charge in [-0.3, -0.25) is 0 Å². The van der Waals surface area contributed by atoms with Crippen molar-refractivity contribution in [3.05, 3.63) is 0 Å². The van der Waals surface area contributed by atoms with Crippen molar-refractivity contribution >= 4 is 6.09 Å². The second-order valence-electron chi connectivity index (χ2n) is 3.82. The molecule has 0 radical (unpaired) electrons. The Hall–Kier alpha value is -0.950. The van der Waals surface area contributed by atoms with Crippen LogP contribution in [0.4, 0.5) is 13.6 Å². The lowest BCUT2D eigenvalue weighted by molar-refractivity contribution is -0.0237. The van der Waals surface area contributed by atoms with Gasteiger partial charge in [0.1, 0.15) is 6.10 Å². The Morgan fingerprint density at radius 2 is 2.18 bits per heavy atom. The van der Waals surface area contributed by atoms with Crippen molar-refractivity contribution in [2.75, 3.05) is 19.8 Å². The van der Waals surface area contributed by atoms with E-state index in [0.717, 1.165) is 6.92 Å². The van der Waals surface area contributed by atoms with E-state index in [1.165, 1.54) is 0 Å². The Bertz CT molecular complexity index is 221. The summed E-state index contributed by atoms with van der Waals surface area (Å²) in [6.07, 6.45) is -1.79. The van der Waals surface area contributed by atoms with Gasteiger partial charge in [0, 0.05) is 19.6 Å². The molecule has 0 bridgehead atoms. The third-order valence-corrected chi connectivity index (χ3v) is 1.94. The molecule has 3 N–H and O–H groups in total. The highest BCUT2D eigenvalue weighted by molar-refractivity contribution is 5.64. The van der Waals surface area contributed by atoms with E-state index in [0.29, 0.717) is 6.42 Å². The average molecular weight is 255 g/mol. The first kappa shape index (κ1) is 16.1. The lowest BCUT2D eigenvalue weighted by atomic mass is 10.1. The number of carbonyl (C=O) groups is 1. The first-order valence-corrected chi connectivity index (χ1v) is 5.37. The molecule has 17 heavy (non-hydrogen) atoms. The lowest BCUT2D eigenvalue weighted by Crippen LogP contribution is -2.29. The monoisotopic (exact) mass is 255 g/mol. The maximum Gasteiger partial charge on any atom is 0.404 e. The maximum absolute atomic E-state index is 12.6. The number of hydrogen-bond acceptors (Lipinski definition) is 4. The van der Waals surface area contributed by atoms with Crippen LogP contribution in [0.3, 0.4) is 0 Å². The quantitative estimate of drug-likeness (QED) is 0.608. The van der Waals surface area contributed by atoms with E-state index < -0.39 is 24.5 Å². The summed E-state index contributed by atoms with van der Waals surface area (Å²) in [5, 5.41) is 8.50. The third-order valence-electron chi connectivity index (χ3n) is 1.94. The number of ether oxygens (including phenoxy) is 2. The second kappa shape index (κ2) is 8.19. The molecule has 1 unspecified atom stereocenters. The molecule has 0 aliphatic carbocycles. The van der Waals surface area contributed by atoms with Crippen LogP contribution in [-0.4, -0.2) is 43.0 Å². The minimum atomic E-state index is -2.82. The fraction of sp³-hybridized carbons (Fsp3) is 0.900. The highest BCUT2D eigenvalue weighted by atomic mass is 19.3. The highest BCUT2D eigenvalue weighted by Gasteiger charge is 2.24. The van der Waals surface area contributed by atoms with Crippen LogP contribution in [0.25, 0.3) is 0 Å². The number of amides is 1. The van der Waals surface area contributed by atoms with E-state index in [2.05, 4.69) is 4.74 Å². The van der Waals surface area contributed by atoms with Gasteiger partial charge in [-0.25, -0.2) is 13.6 Å². The summed E-state index contributed by atoms with van der Waals surface area (Å²) in [4.78, 5) is 10.5. The zero-order valence-corrected chi connectivity index (χ0v) is 9.83. The number of primary amides is 1. The molecule has 0 aromatic rings. The SMILES string of the molecule is CC(F)(F)CCC(COCCCO)OC(N)=O. The van der Waals surface area contributed by atoms with Crippen molar-refractivity contribution in [2.24, 2.45) is 5.73 Å². The van der Waals surface area contributed by atoms with E-state index in [1.54, 1.807) is 0 Å². The molecule has 0 aromatic carbocycles. The molecule has 102 valence electrons. The van der Waals surface area contributed by atoms with Crippen LogP contribution in [0.5, 0.6) is 0 Å². The highest BCUT2D eigenvalue weighted by Crippen LogP contribution is 2.20. The summed E-state index contributed by atoms with van der Waals surface area (Å²) in [5.41, 5.74) is 4.82. The van der Waals surface area contributed by atoms with Gasteiger partial charge in [0.15, 0.2) is 0 Å². The Balaban J connectivity index is 3.92. The fourth-order valence-electron chi connectivity index (χ4n) is 1.14. The molecule has 0 rings (SSSR count). The van der Waals surface area contributed by atoms with Gasteiger partial charge in [-0.1, -0.05) is 0 Å². The van der Waals surface area contributed by atoms with E-state index >= 15 is 0 Å². The van der Waals surface area contributed by atoms with Crippen LogP contribution in [-0.2, 0) is 9.47 Å². The van der Waals surface area contributed by atoms with Crippen molar-refractivity contribution in [1.29, 1.82) is 0 Å². The number of nitrogens with two attached hydrogens (primary N) is 1. The fourth-order valence-corrected chi connectivity index (χ4v) is 1.14. The number of aliphatic hydroxyl groups excluding tert-OH is 1. The van der Waals surface area contributed by atoms with Crippen molar-refractivity contribution in [2.45, 2.75) is 38.2 Å². The molecular formula is C10H19F2NO4. The molecule has 7 heteroatoms. The third kappa shape index (κ3) is 11.3. The summed E-state index contributed by atoms with van der Waals surface area (Å²) in [6, 6.07) is 0. The summed E-state index contributed by atoms with van der Waals surface area (Å²) in [7, 11) is 0. The van der Waals surface area contributed by atoms with Crippen LogP contribution in [0.15, 0.2) is 0 Å². The number of alkyl halides is 2. The van der Waals surface area contributed by atoms with Crippen LogP contribution in [0.1, 0.15) is 26.2 Å². The predicted octanol–water partition coefficient (Wildman–Crippen LogP) is 1.28. The summed E-state index contributed by atoms with van der Waals surface area (Å²) >= 11 is 0. The van der Waals surface area contributed by atoms with Crippen molar-refractivity contribution in [1.82, 2.24) is 0 Å². The topological polar surface area (TPSA) is 81.8 Å². The van der Waals surface area contributed by atoms with E-state index in [9.17, 15) is 13.6 Å². The van der Waals surface area contributed by atoms with Crippen LogP contribution >= 0.6 is 0 Å². The molecule has 1 amide bonds. The molecule has 0 aromatic heterocycles. The number of carbonyl (C=O) groups excluding carboxylic acids is 1. The molecule has 0 saturated heterocycles. The van der Waals surface area contributed by atoms with Crippen molar-refractivity contribution < 1.29 is 28.2 Å². The molecular weight excluding hydrogens is 236 g/mol. The minimum absolute atomic E-state index is 0.000972. The molecule has 5 nitrogen and oxygen atoms in total. The normalized spacial score (nSPS) is 13.4. The average Bonchev–Trinajstić information content (AvgIpc) is 2.18. The van der Waals surface area contributed by atoms with Crippen molar-refractivity contribution in [3.63, 3.8) is 0 Å². The first-order valence-electron chi connectivity index (χ1n) is 5.37. The Labute approximate surface area is 98.9 Å². The summed E-state index contributed by atoms with van der Waals surface area (Å²) < 4.78 is 34.9. The Morgan fingerprint density at radius 1 is 1.53 bits per heavy atom. The number of hydrogen-bond donors (Lipinski definition) is 2. The zero-order valence-electron chi connectivity index (χ0n) is 9.83. The van der Waals surface area contributed by atoms with E-state index in [4.69, 9.17) is 15.6 Å². The van der Waals surface area contributed by atoms with Gasteiger partial charge in [0.25, 0.3) is 0 Å². The zero-order chi connectivity index (χ0) is 13.3. The largest absolute Gasteiger partial charge is 0.444 e. The minimum Gasteiger partial charge on any atom is -0.444 e. The molecule has 0 heterocycles. The van der Waals surface area contributed by atoms with Gasteiger partial charge in [-0.15, -0.1) is 0 Å². The standard InChI is InChI=1S/C10H19F2NO4/c1-10(11,12)4-3-8(17-9(13)15)7-16-6-2-5-14/h8,14H,2-7H2,1H3,(H2,13,15). The Kier molecular flexibility index (Phi) is 7.73. The molecule has 0 aliphatic rings. The molecule has 0 aliphatic heterocycles. The van der Waals surface area contributed by atoms with Gasteiger partial charge in [0.05, 0.1) is 6.61 Å². The number of aliphatic hydroxyl groups is 1. The smallest absolute Gasteiger partial charge is 0.404 e. The Morgan fingerprint density at radius 3 is 2.65 bits per heavy atom. The summed E-state index contributed by atoms with van der Waals surface area (Å²) in [6.45, 7) is 1.05. The van der Waals surface area contributed by atoms with Gasteiger partial charge >= 0.3 is 6.09 Å². The molecule has 0 spiro atoms. The van der Waals surface area contributed by atoms with Gasteiger partial charge in [-0.2, -0.15) is 0 Å². The van der Waals surface area contributed by atoms with Crippen molar-refractivity contribution in [3.8, 4) is 0 Å².